The topological polar surface area (TPSA) is 55.0 Å². The van der Waals surface area contributed by atoms with Crippen LogP contribution >= 0.6 is 12.2 Å². The van der Waals surface area contributed by atoms with Crippen molar-refractivity contribution in [3.8, 4) is 5.75 Å². The Hall–Kier alpha value is -2.45. The van der Waals surface area contributed by atoms with E-state index in [9.17, 15) is 4.79 Å². The molecular formula is C25H33N5O2S. The van der Waals surface area contributed by atoms with Crippen molar-refractivity contribution in [1.82, 2.24) is 24.0 Å². The fraction of sp³-hybridized carbons (Fsp3) is 0.560. The molecule has 33 heavy (non-hydrogen) atoms. The van der Waals surface area contributed by atoms with E-state index in [0.717, 1.165) is 67.7 Å². The summed E-state index contributed by atoms with van der Waals surface area (Å²) in [7, 11) is 1.68. The molecule has 0 spiro atoms. The molecule has 0 bridgehead atoms. The molecule has 2 aliphatic rings. The first kappa shape index (κ1) is 22.3. The minimum absolute atomic E-state index is 0.152. The van der Waals surface area contributed by atoms with Crippen LogP contribution < -0.4 is 4.74 Å². The van der Waals surface area contributed by atoms with E-state index in [1.54, 1.807) is 7.11 Å². The van der Waals surface area contributed by atoms with Gasteiger partial charge in [0.25, 0.3) is 0 Å². The second kappa shape index (κ2) is 9.06. The van der Waals surface area contributed by atoms with Crippen LogP contribution in [0.5, 0.6) is 5.75 Å². The van der Waals surface area contributed by atoms with Crippen LogP contribution in [0.15, 0.2) is 24.3 Å². The molecule has 1 atom stereocenters. The van der Waals surface area contributed by atoms with E-state index in [0.29, 0.717) is 23.3 Å². The Morgan fingerprint density at radius 2 is 1.97 bits per heavy atom. The normalized spacial score (nSPS) is 20.6. The Bertz CT molecular complexity index is 1240. The minimum Gasteiger partial charge on any atom is -0.497 e. The average Bonchev–Trinajstić information content (AvgIpc) is 3.13. The van der Waals surface area contributed by atoms with Crippen molar-refractivity contribution in [2.45, 2.75) is 46.2 Å². The molecule has 2 saturated heterocycles. The van der Waals surface area contributed by atoms with Crippen molar-refractivity contribution in [3.63, 3.8) is 0 Å². The number of hydrogen-bond donors (Lipinski definition) is 0. The number of amides is 1. The van der Waals surface area contributed by atoms with Gasteiger partial charge in [0.2, 0.25) is 10.7 Å². The van der Waals surface area contributed by atoms with Crippen LogP contribution in [-0.2, 0) is 11.5 Å². The molecule has 1 amide bonds. The highest BCUT2D eigenvalue weighted by Gasteiger charge is 2.30. The summed E-state index contributed by atoms with van der Waals surface area (Å²) in [6, 6.07) is 8.17. The molecule has 0 saturated carbocycles. The third-order valence-electron chi connectivity index (χ3n) is 7.32. The Morgan fingerprint density at radius 3 is 2.70 bits per heavy atom. The van der Waals surface area contributed by atoms with Gasteiger partial charge < -0.3 is 9.64 Å². The smallest absolute Gasteiger partial charge is 0.225 e. The van der Waals surface area contributed by atoms with Crippen molar-refractivity contribution < 1.29 is 9.53 Å². The third kappa shape index (κ3) is 4.26. The van der Waals surface area contributed by atoms with Gasteiger partial charge in [-0.3, -0.25) is 14.1 Å². The van der Waals surface area contributed by atoms with Gasteiger partial charge in [-0.25, -0.2) is 4.68 Å². The van der Waals surface area contributed by atoms with Gasteiger partial charge >= 0.3 is 0 Å². The van der Waals surface area contributed by atoms with Crippen molar-refractivity contribution in [2.75, 3.05) is 33.3 Å². The third-order valence-corrected chi connectivity index (χ3v) is 7.71. The number of methoxy groups -OCH3 is 1. The summed E-state index contributed by atoms with van der Waals surface area (Å²) in [5, 5.41) is 5.97. The van der Waals surface area contributed by atoms with E-state index in [-0.39, 0.29) is 5.92 Å². The number of aromatic nitrogens is 3. The lowest BCUT2D eigenvalue weighted by atomic mass is 9.93. The minimum atomic E-state index is 0.152. The van der Waals surface area contributed by atoms with E-state index in [4.69, 9.17) is 22.1 Å². The second-order valence-corrected chi connectivity index (χ2v) is 10.1. The standard InChI is InChI=1S/C25H33N5O2S/c1-17-5-4-10-28(15-17)24(31)19-8-11-27(12-9-19)16-29-25(33)30-22-14-20(32-3)6-7-21(22)18(2)13-23(30)26-29/h6-7,13-14,17,19H,4-5,8-12,15-16H2,1-3H3. The first-order valence-electron chi connectivity index (χ1n) is 12.0. The van der Waals surface area contributed by atoms with Gasteiger partial charge in [0.1, 0.15) is 5.75 Å². The number of aryl methyl sites for hydroxylation is 1. The monoisotopic (exact) mass is 467 g/mol. The van der Waals surface area contributed by atoms with E-state index in [1.807, 2.05) is 21.2 Å². The summed E-state index contributed by atoms with van der Waals surface area (Å²) < 4.78 is 10.1. The van der Waals surface area contributed by atoms with Crippen molar-refractivity contribution in [2.24, 2.45) is 11.8 Å². The fourth-order valence-corrected chi connectivity index (χ4v) is 5.71. The van der Waals surface area contributed by atoms with Crippen LogP contribution in [0.25, 0.3) is 16.6 Å². The molecule has 2 aromatic heterocycles. The average molecular weight is 468 g/mol. The number of piperidine rings is 2. The molecule has 1 aromatic carbocycles. The lowest BCUT2D eigenvalue weighted by Crippen LogP contribution is -2.46. The lowest BCUT2D eigenvalue weighted by Gasteiger charge is -2.37. The number of carbonyl (C=O) groups excluding carboxylic acids is 1. The number of hydrogen-bond acceptors (Lipinski definition) is 5. The number of rotatable bonds is 4. The molecule has 7 nitrogen and oxygen atoms in total. The van der Waals surface area contributed by atoms with E-state index < -0.39 is 0 Å². The first-order chi connectivity index (χ1) is 15.9. The quantitative estimate of drug-likeness (QED) is 0.537. The Kier molecular flexibility index (Phi) is 6.14. The van der Waals surface area contributed by atoms with Gasteiger partial charge in [0.15, 0.2) is 5.65 Å². The summed E-state index contributed by atoms with van der Waals surface area (Å²) >= 11 is 5.84. The molecule has 0 aliphatic carbocycles. The van der Waals surface area contributed by atoms with Crippen LogP contribution in [0.2, 0.25) is 0 Å². The van der Waals surface area contributed by atoms with E-state index in [1.165, 1.54) is 12.0 Å². The molecule has 0 N–H and O–H groups in total. The molecular weight excluding hydrogens is 434 g/mol. The van der Waals surface area contributed by atoms with E-state index in [2.05, 4.69) is 35.8 Å². The van der Waals surface area contributed by atoms with Crippen LogP contribution in [0.4, 0.5) is 0 Å². The molecule has 2 fully saturated rings. The van der Waals surface area contributed by atoms with Crippen LogP contribution in [0.1, 0.15) is 38.2 Å². The molecule has 176 valence electrons. The number of nitrogens with zero attached hydrogens (tertiary/aromatic N) is 5. The molecule has 2 aliphatic heterocycles. The van der Waals surface area contributed by atoms with Crippen LogP contribution in [0.3, 0.4) is 0 Å². The highest BCUT2D eigenvalue weighted by atomic mass is 32.1. The maximum Gasteiger partial charge on any atom is 0.225 e. The molecule has 3 aromatic rings. The predicted molar refractivity (Wildman–Crippen MR) is 132 cm³/mol. The Balaban J connectivity index is 1.32. The van der Waals surface area contributed by atoms with Gasteiger partial charge in [-0.05, 0) is 74.5 Å². The fourth-order valence-electron chi connectivity index (χ4n) is 5.42. The zero-order valence-corrected chi connectivity index (χ0v) is 20.6. The van der Waals surface area contributed by atoms with E-state index >= 15 is 0 Å². The second-order valence-electron chi connectivity index (χ2n) is 9.75. The Labute approximate surface area is 199 Å². The zero-order chi connectivity index (χ0) is 23.1. The molecule has 0 radical (unpaired) electrons. The lowest BCUT2D eigenvalue weighted by molar-refractivity contribution is -0.139. The van der Waals surface area contributed by atoms with Crippen LogP contribution in [-0.4, -0.2) is 63.2 Å². The number of ether oxygens (including phenoxy) is 1. The molecule has 4 heterocycles. The van der Waals surface area contributed by atoms with Crippen molar-refractivity contribution in [3.05, 3.63) is 34.6 Å². The number of carbonyl (C=O) groups is 1. The Morgan fingerprint density at radius 1 is 1.18 bits per heavy atom. The predicted octanol–water partition coefficient (Wildman–Crippen LogP) is 4.26. The van der Waals surface area contributed by atoms with Crippen molar-refractivity contribution in [1.29, 1.82) is 0 Å². The summed E-state index contributed by atoms with van der Waals surface area (Å²) in [6.45, 7) is 8.63. The molecule has 1 unspecified atom stereocenters. The van der Waals surface area contributed by atoms with Crippen molar-refractivity contribution >= 4 is 34.7 Å². The van der Waals surface area contributed by atoms with Gasteiger partial charge in [-0.2, -0.15) is 5.10 Å². The highest BCUT2D eigenvalue weighted by molar-refractivity contribution is 7.71. The van der Waals surface area contributed by atoms with Gasteiger partial charge in [0.05, 0.1) is 19.3 Å². The summed E-state index contributed by atoms with van der Waals surface area (Å²) in [5.41, 5.74) is 3.03. The number of fused-ring (bicyclic) bond motifs is 3. The van der Waals surface area contributed by atoms with Gasteiger partial charge in [0, 0.05) is 43.5 Å². The van der Waals surface area contributed by atoms with Crippen LogP contribution in [0, 0.1) is 23.5 Å². The summed E-state index contributed by atoms with van der Waals surface area (Å²) in [5.74, 6) is 1.94. The summed E-state index contributed by atoms with van der Waals surface area (Å²) in [4.78, 5) is 17.5. The number of benzene rings is 1. The highest BCUT2D eigenvalue weighted by Crippen LogP contribution is 2.27. The van der Waals surface area contributed by atoms with Gasteiger partial charge in [-0.1, -0.05) is 6.92 Å². The molecule has 5 rings (SSSR count). The van der Waals surface area contributed by atoms with Gasteiger partial charge in [-0.15, -0.1) is 0 Å². The number of pyridine rings is 1. The zero-order valence-electron chi connectivity index (χ0n) is 19.8. The summed E-state index contributed by atoms with van der Waals surface area (Å²) in [6.07, 6.45) is 4.19. The number of likely N-dealkylation sites (tertiary alicyclic amines) is 2. The maximum absolute atomic E-state index is 13.0. The first-order valence-corrected chi connectivity index (χ1v) is 12.4. The maximum atomic E-state index is 13.0. The molecule has 8 heteroatoms. The largest absolute Gasteiger partial charge is 0.497 e. The SMILES string of the molecule is COc1ccc2c(C)cc3nn(CN4CCC(C(=O)N5CCCC(C)C5)CC4)c(=S)n3c2c1.